The number of halogens is 1. The van der Waals surface area contributed by atoms with Crippen molar-refractivity contribution in [3.05, 3.63) is 45.6 Å². The van der Waals surface area contributed by atoms with Gasteiger partial charge in [0.15, 0.2) is 0 Å². The Morgan fingerprint density at radius 2 is 2.30 bits per heavy atom. The number of anilines is 1. The molecule has 0 fully saturated rings. The molecule has 106 valence electrons. The van der Waals surface area contributed by atoms with E-state index in [0.29, 0.717) is 18.8 Å². The molecular weight excluding hydrogens is 278 g/mol. The van der Waals surface area contributed by atoms with Crippen molar-refractivity contribution in [2.45, 2.75) is 32.9 Å². The standard InChI is InChI=1S/C13H16ClN5O/c1-2-3-7-19-13(20)12(14)11(9-17-19)15-8-10-5-4-6-16-18-10/h4-6,9,15H,2-3,7-8H2,1H3. The van der Waals surface area contributed by atoms with Crippen molar-refractivity contribution in [1.29, 1.82) is 0 Å². The first-order valence-corrected chi connectivity index (χ1v) is 6.86. The number of nitrogens with one attached hydrogen (secondary N) is 1. The molecule has 6 nitrogen and oxygen atoms in total. The Morgan fingerprint density at radius 1 is 1.45 bits per heavy atom. The summed E-state index contributed by atoms with van der Waals surface area (Å²) < 4.78 is 1.39. The maximum Gasteiger partial charge on any atom is 0.287 e. The average Bonchev–Trinajstić information content (AvgIpc) is 2.49. The van der Waals surface area contributed by atoms with Gasteiger partial charge in [0.1, 0.15) is 5.02 Å². The molecule has 2 aromatic heterocycles. The number of rotatable bonds is 6. The summed E-state index contributed by atoms with van der Waals surface area (Å²) in [6.45, 7) is 3.08. The first-order chi connectivity index (χ1) is 9.72. The lowest BCUT2D eigenvalue weighted by atomic mass is 10.3. The maximum atomic E-state index is 12.0. The minimum atomic E-state index is -0.274. The van der Waals surface area contributed by atoms with Gasteiger partial charge in [-0.2, -0.15) is 15.3 Å². The van der Waals surface area contributed by atoms with Gasteiger partial charge in [-0.3, -0.25) is 4.79 Å². The third-order valence-corrected chi connectivity index (χ3v) is 3.16. The number of unbranched alkanes of at least 4 members (excludes halogenated alkanes) is 1. The third kappa shape index (κ3) is 3.54. The first-order valence-electron chi connectivity index (χ1n) is 6.48. The van der Waals surface area contributed by atoms with Gasteiger partial charge in [-0.15, -0.1) is 0 Å². The SMILES string of the molecule is CCCCn1ncc(NCc2cccnn2)c(Cl)c1=O. The fourth-order valence-electron chi connectivity index (χ4n) is 1.67. The summed E-state index contributed by atoms with van der Waals surface area (Å²) >= 11 is 6.07. The Balaban J connectivity index is 2.09. The number of aromatic nitrogens is 4. The fraction of sp³-hybridized carbons (Fsp3) is 0.385. The molecule has 0 unspecified atom stereocenters. The molecule has 0 spiro atoms. The monoisotopic (exact) mass is 293 g/mol. The second kappa shape index (κ2) is 7.00. The summed E-state index contributed by atoms with van der Waals surface area (Å²) in [5.41, 5.74) is 0.998. The lowest BCUT2D eigenvalue weighted by Crippen LogP contribution is -2.24. The van der Waals surface area contributed by atoms with Gasteiger partial charge in [0.05, 0.1) is 24.1 Å². The Bertz CT molecular complexity index is 614. The van der Waals surface area contributed by atoms with Crippen LogP contribution >= 0.6 is 11.6 Å². The predicted octanol–water partition coefficient (Wildman–Crippen LogP) is 2.10. The van der Waals surface area contributed by atoms with Crippen molar-refractivity contribution in [3.8, 4) is 0 Å². The number of nitrogens with zero attached hydrogens (tertiary/aromatic N) is 4. The van der Waals surface area contributed by atoms with E-state index in [1.165, 1.54) is 4.68 Å². The van der Waals surface area contributed by atoms with Crippen LogP contribution in [0.25, 0.3) is 0 Å². The minimum absolute atomic E-state index is 0.153. The lowest BCUT2D eigenvalue weighted by molar-refractivity contribution is 0.543. The number of hydrogen-bond donors (Lipinski definition) is 1. The average molecular weight is 294 g/mol. The Labute approximate surface area is 121 Å². The van der Waals surface area contributed by atoms with E-state index in [0.717, 1.165) is 18.5 Å². The van der Waals surface area contributed by atoms with Crippen molar-refractivity contribution in [2.24, 2.45) is 0 Å². The van der Waals surface area contributed by atoms with Crippen molar-refractivity contribution in [1.82, 2.24) is 20.0 Å². The molecule has 0 atom stereocenters. The quantitative estimate of drug-likeness (QED) is 0.883. The zero-order valence-corrected chi connectivity index (χ0v) is 12.0. The minimum Gasteiger partial charge on any atom is -0.377 e. The summed E-state index contributed by atoms with van der Waals surface area (Å²) in [7, 11) is 0. The van der Waals surface area contributed by atoms with Gasteiger partial charge in [0, 0.05) is 12.7 Å². The van der Waals surface area contributed by atoms with E-state index in [1.54, 1.807) is 18.5 Å². The molecule has 7 heteroatoms. The molecule has 0 aromatic carbocycles. The van der Waals surface area contributed by atoms with Crippen molar-refractivity contribution >= 4 is 17.3 Å². The molecule has 0 saturated carbocycles. The van der Waals surface area contributed by atoms with Crippen LogP contribution in [0, 0.1) is 0 Å². The van der Waals surface area contributed by atoms with Crippen LogP contribution in [0.4, 0.5) is 5.69 Å². The molecule has 0 aliphatic carbocycles. The van der Waals surface area contributed by atoms with E-state index < -0.39 is 0 Å². The van der Waals surface area contributed by atoms with Crippen LogP contribution in [0.1, 0.15) is 25.5 Å². The molecule has 0 saturated heterocycles. The van der Waals surface area contributed by atoms with Gasteiger partial charge in [-0.25, -0.2) is 4.68 Å². The van der Waals surface area contributed by atoms with Gasteiger partial charge in [0.2, 0.25) is 0 Å². The topological polar surface area (TPSA) is 72.7 Å². The van der Waals surface area contributed by atoms with Gasteiger partial charge in [-0.05, 0) is 18.6 Å². The summed E-state index contributed by atoms with van der Waals surface area (Å²) in [5.74, 6) is 0. The number of hydrogen-bond acceptors (Lipinski definition) is 5. The third-order valence-electron chi connectivity index (χ3n) is 2.80. The van der Waals surface area contributed by atoms with Crippen LogP contribution in [-0.2, 0) is 13.1 Å². The molecule has 0 radical (unpaired) electrons. The van der Waals surface area contributed by atoms with E-state index in [2.05, 4.69) is 27.5 Å². The van der Waals surface area contributed by atoms with Crippen LogP contribution in [0.3, 0.4) is 0 Å². The van der Waals surface area contributed by atoms with Crippen molar-refractivity contribution in [3.63, 3.8) is 0 Å². The highest BCUT2D eigenvalue weighted by atomic mass is 35.5. The van der Waals surface area contributed by atoms with Crippen molar-refractivity contribution in [2.75, 3.05) is 5.32 Å². The van der Waals surface area contributed by atoms with E-state index in [-0.39, 0.29) is 10.6 Å². The second-order valence-electron chi connectivity index (χ2n) is 4.32. The van der Waals surface area contributed by atoms with E-state index in [1.807, 2.05) is 6.07 Å². The van der Waals surface area contributed by atoms with Crippen LogP contribution in [0.2, 0.25) is 5.02 Å². The molecule has 20 heavy (non-hydrogen) atoms. The Hall–Kier alpha value is -1.95. The first kappa shape index (κ1) is 14.5. The van der Waals surface area contributed by atoms with Gasteiger partial charge >= 0.3 is 0 Å². The van der Waals surface area contributed by atoms with Gasteiger partial charge < -0.3 is 5.32 Å². The summed E-state index contributed by atoms with van der Waals surface area (Å²) in [5, 5.41) is 15.0. The molecule has 0 aliphatic rings. The highest BCUT2D eigenvalue weighted by Gasteiger charge is 2.09. The van der Waals surface area contributed by atoms with Crippen LogP contribution in [0.15, 0.2) is 29.3 Å². The molecule has 1 N–H and O–H groups in total. The highest BCUT2D eigenvalue weighted by molar-refractivity contribution is 6.32. The zero-order valence-electron chi connectivity index (χ0n) is 11.2. The molecule has 0 amide bonds. The largest absolute Gasteiger partial charge is 0.377 e. The lowest BCUT2D eigenvalue weighted by Gasteiger charge is -2.09. The molecular formula is C13H16ClN5O. The Kier molecular flexibility index (Phi) is 5.06. The van der Waals surface area contributed by atoms with Crippen LogP contribution in [-0.4, -0.2) is 20.0 Å². The molecule has 2 rings (SSSR count). The van der Waals surface area contributed by atoms with Gasteiger partial charge in [0.25, 0.3) is 5.56 Å². The predicted molar refractivity (Wildman–Crippen MR) is 77.8 cm³/mol. The summed E-state index contributed by atoms with van der Waals surface area (Å²) in [4.78, 5) is 12.0. The second-order valence-corrected chi connectivity index (χ2v) is 4.70. The van der Waals surface area contributed by atoms with Crippen molar-refractivity contribution < 1.29 is 0 Å². The molecule has 2 heterocycles. The normalized spacial score (nSPS) is 10.5. The molecule has 0 bridgehead atoms. The fourth-order valence-corrected chi connectivity index (χ4v) is 1.88. The molecule has 0 aliphatic heterocycles. The van der Waals surface area contributed by atoms with Crippen LogP contribution < -0.4 is 10.9 Å². The highest BCUT2D eigenvalue weighted by Crippen LogP contribution is 2.16. The summed E-state index contributed by atoms with van der Waals surface area (Å²) in [6, 6.07) is 3.64. The smallest absolute Gasteiger partial charge is 0.287 e. The van der Waals surface area contributed by atoms with Crippen LogP contribution in [0.5, 0.6) is 0 Å². The maximum absolute atomic E-state index is 12.0. The van der Waals surface area contributed by atoms with E-state index >= 15 is 0 Å². The van der Waals surface area contributed by atoms with E-state index in [9.17, 15) is 4.79 Å². The molecule has 2 aromatic rings. The Morgan fingerprint density at radius 3 is 3.00 bits per heavy atom. The zero-order chi connectivity index (χ0) is 14.4. The number of aryl methyl sites for hydroxylation is 1. The summed E-state index contributed by atoms with van der Waals surface area (Å²) in [6.07, 6.45) is 5.07. The van der Waals surface area contributed by atoms with E-state index in [4.69, 9.17) is 11.6 Å². The van der Waals surface area contributed by atoms with Gasteiger partial charge in [-0.1, -0.05) is 24.9 Å².